The number of hydrogen-bond donors (Lipinski definition) is 3. The molecule has 0 spiro atoms. The average Bonchev–Trinajstić information content (AvgIpc) is 2.80. The van der Waals surface area contributed by atoms with Crippen molar-refractivity contribution in [2.45, 2.75) is 13.0 Å². The zero-order chi connectivity index (χ0) is 21.8. The van der Waals surface area contributed by atoms with Gasteiger partial charge in [-0.3, -0.25) is 14.4 Å². The molecule has 7 heteroatoms. The fourth-order valence-electron chi connectivity index (χ4n) is 3.31. The van der Waals surface area contributed by atoms with Gasteiger partial charge in [0.25, 0.3) is 17.4 Å². The number of nitrogens with zero attached hydrogens (tertiary/aromatic N) is 1. The van der Waals surface area contributed by atoms with Crippen LogP contribution in [0.4, 0.5) is 5.69 Å². The maximum absolute atomic E-state index is 12.8. The number of carbonyl (C=O) groups is 2. The zero-order valence-corrected chi connectivity index (χ0v) is 16.8. The SMILES string of the molecule is CC(NC(=O)c1n[nH]c(=O)c2ccccc12)c1cccc(NC(=O)c2ccccc2)c1. The first-order valence-electron chi connectivity index (χ1n) is 9.77. The Balaban J connectivity index is 1.52. The molecule has 0 saturated carbocycles. The maximum atomic E-state index is 12.8. The number of nitrogens with one attached hydrogen (secondary N) is 3. The van der Waals surface area contributed by atoms with Gasteiger partial charge in [-0.2, -0.15) is 5.10 Å². The number of hydrogen-bond acceptors (Lipinski definition) is 4. The average molecular weight is 412 g/mol. The molecule has 3 N–H and O–H groups in total. The smallest absolute Gasteiger partial charge is 0.272 e. The largest absolute Gasteiger partial charge is 0.344 e. The molecule has 2 amide bonds. The Kier molecular flexibility index (Phi) is 5.57. The lowest BCUT2D eigenvalue weighted by Crippen LogP contribution is -2.29. The number of H-pyrrole nitrogens is 1. The Hall–Kier alpha value is -4.26. The van der Waals surface area contributed by atoms with Crippen LogP contribution in [0.25, 0.3) is 10.8 Å². The summed E-state index contributed by atoms with van der Waals surface area (Å²) in [6.45, 7) is 1.84. The van der Waals surface area contributed by atoms with Crippen molar-refractivity contribution in [3.63, 3.8) is 0 Å². The van der Waals surface area contributed by atoms with Crippen LogP contribution in [0.15, 0.2) is 83.7 Å². The quantitative estimate of drug-likeness (QED) is 0.465. The highest BCUT2D eigenvalue weighted by atomic mass is 16.2. The highest BCUT2D eigenvalue weighted by Gasteiger charge is 2.17. The summed E-state index contributed by atoms with van der Waals surface area (Å²) in [5, 5.41) is 13.0. The number of fused-ring (bicyclic) bond motifs is 1. The van der Waals surface area contributed by atoms with Crippen LogP contribution in [-0.4, -0.2) is 22.0 Å². The Morgan fingerprint density at radius 3 is 2.35 bits per heavy atom. The van der Waals surface area contributed by atoms with Crippen molar-refractivity contribution in [2.24, 2.45) is 0 Å². The molecular formula is C24H20N4O3. The maximum Gasteiger partial charge on any atom is 0.272 e. The summed E-state index contributed by atoms with van der Waals surface area (Å²) in [6.07, 6.45) is 0. The Labute approximate surface area is 178 Å². The van der Waals surface area contributed by atoms with E-state index in [1.807, 2.05) is 31.2 Å². The van der Waals surface area contributed by atoms with Crippen molar-refractivity contribution in [3.8, 4) is 0 Å². The van der Waals surface area contributed by atoms with E-state index in [1.165, 1.54) is 0 Å². The van der Waals surface area contributed by atoms with Crippen molar-refractivity contribution in [1.29, 1.82) is 0 Å². The first-order chi connectivity index (χ1) is 15.0. The molecule has 1 atom stereocenters. The van der Waals surface area contributed by atoms with Crippen LogP contribution < -0.4 is 16.2 Å². The lowest BCUT2D eigenvalue weighted by molar-refractivity contribution is 0.0934. The van der Waals surface area contributed by atoms with E-state index in [0.29, 0.717) is 22.0 Å². The van der Waals surface area contributed by atoms with E-state index in [2.05, 4.69) is 20.8 Å². The van der Waals surface area contributed by atoms with E-state index < -0.39 is 5.91 Å². The number of rotatable bonds is 5. The van der Waals surface area contributed by atoms with Gasteiger partial charge in [0.15, 0.2) is 5.69 Å². The van der Waals surface area contributed by atoms with E-state index in [4.69, 9.17) is 0 Å². The Morgan fingerprint density at radius 1 is 0.871 bits per heavy atom. The summed E-state index contributed by atoms with van der Waals surface area (Å²) in [5.41, 5.74) is 1.80. The molecule has 0 aliphatic rings. The molecule has 1 unspecified atom stereocenters. The third-order valence-electron chi connectivity index (χ3n) is 4.94. The van der Waals surface area contributed by atoms with Crippen molar-refractivity contribution in [2.75, 3.05) is 5.32 Å². The Morgan fingerprint density at radius 2 is 1.58 bits per heavy atom. The third kappa shape index (κ3) is 4.35. The summed E-state index contributed by atoms with van der Waals surface area (Å²) in [5.74, 6) is -0.614. The van der Waals surface area contributed by atoms with Gasteiger partial charge in [0, 0.05) is 16.6 Å². The molecule has 4 rings (SSSR count). The lowest BCUT2D eigenvalue weighted by atomic mass is 10.1. The Bertz CT molecular complexity index is 1320. The normalized spacial score (nSPS) is 11.6. The standard InChI is InChI=1S/C24H20N4O3/c1-15(25-24(31)21-19-12-5-6-13-20(19)23(30)28-27-21)17-10-7-11-18(14-17)26-22(29)16-8-3-2-4-9-16/h2-15H,1H3,(H,25,31)(H,26,29)(H,28,30). The molecule has 0 aliphatic heterocycles. The number of carbonyl (C=O) groups excluding carboxylic acids is 2. The van der Waals surface area contributed by atoms with E-state index >= 15 is 0 Å². The molecule has 1 heterocycles. The molecular weight excluding hydrogens is 392 g/mol. The van der Waals surface area contributed by atoms with Gasteiger partial charge < -0.3 is 10.6 Å². The van der Waals surface area contributed by atoms with Gasteiger partial charge in [-0.05, 0) is 42.8 Å². The second kappa shape index (κ2) is 8.62. The van der Waals surface area contributed by atoms with Crippen LogP contribution in [0, 0.1) is 0 Å². The number of benzene rings is 3. The lowest BCUT2D eigenvalue weighted by Gasteiger charge is -2.16. The van der Waals surface area contributed by atoms with Gasteiger partial charge in [-0.15, -0.1) is 0 Å². The zero-order valence-electron chi connectivity index (χ0n) is 16.8. The second-order valence-corrected chi connectivity index (χ2v) is 7.09. The van der Waals surface area contributed by atoms with Crippen LogP contribution >= 0.6 is 0 Å². The minimum atomic E-state index is -0.404. The first kappa shape index (κ1) is 20.0. The molecule has 0 radical (unpaired) electrons. The highest BCUT2D eigenvalue weighted by Crippen LogP contribution is 2.19. The third-order valence-corrected chi connectivity index (χ3v) is 4.94. The van der Waals surface area contributed by atoms with Crippen molar-refractivity contribution >= 4 is 28.3 Å². The van der Waals surface area contributed by atoms with Crippen LogP contribution in [0.1, 0.15) is 39.4 Å². The van der Waals surface area contributed by atoms with Gasteiger partial charge >= 0.3 is 0 Å². The predicted octanol–water partition coefficient (Wildman–Crippen LogP) is 3.67. The molecule has 0 saturated heterocycles. The van der Waals surface area contributed by atoms with Crippen LogP contribution in [-0.2, 0) is 0 Å². The summed E-state index contributed by atoms with van der Waals surface area (Å²) >= 11 is 0. The van der Waals surface area contributed by atoms with Gasteiger partial charge in [0.05, 0.1) is 11.4 Å². The minimum Gasteiger partial charge on any atom is -0.344 e. The molecule has 3 aromatic carbocycles. The van der Waals surface area contributed by atoms with Crippen LogP contribution in [0.5, 0.6) is 0 Å². The highest BCUT2D eigenvalue weighted by molar-refractivity contribution is 6.05. The van der Waals surface area contributed by atoms with Gasteiger partial charge in [0.1, 0.15) is 0 Å². The van der Waals surface area contributed by atoms with E-state index in [0.717, 1.165) is 5.56 Å². The monoisotopic (exact) mass is 412 g/mol. The minimum absolute atomic E-state index is 0.149. The fourth-order valence-corrected chi connectivity index (χ4v) is 3.31. The summed E-state index contributed by atoms with van der Waals surface area (Å²) in [6, 6.07) is 22.7. The fraction of sp³-hybridized carbons (Fsp3) is 0.0833. The molecule has 0 fully saturated rings. The predicted molar refractivity (Wildman–Crippen MR) is 119 cm³/mol. The van der Waals surface area contributed by atoms with Gasteiger partial charge in [0.2, 0.25) is 0 Å². The van der Waals surface area contributed by atoms with Crippen molar-refractivity contribution < 1.29 is 9.59 Å². The van der Waals surface area contributed by atoms with E-state index in [-0.39, 0.29) is 23.2 Å². The van der Waals surface area contributed by atoms with E-state index in [9.17, 15) is 14.4 Å². The molecule has 4 aromatic rings. The molecule has 0 aliphatic carbocycles. The molecule has 7 nitrogen and oxygen atoms in total. The number of aromatic amines is 1. The molecule has 31 heavy (non-hydrogen) atoms. The number of aromatic nitrogens is 2. The molecule has 1 aromatic heterocycles. The van der Waals surface area contributed by atoms with Crippen molar-refractivity contribution in [3.05, 3.63) is 106 Å². The molecule has 0 bridgehead atoms. The topological polar surface area (TPSA) is 104 Å². The van der Waals surface area contributed by atoms with Gasteiger partial charge in [-0.25, -0.2) is 5.10 Å². The molecule has 154 valence electrons. The first-order valence-corrected chi connectivity index (χ1v) is 9.77. The second-order valence-electron chi connectivity index (χ2n) is 7.09. The number of anilines is 1. The van der Waals surface area contributed by atoms with Crippen LogP contribution in [0.3, 0.4) is 0 Å². The van der Waals surface area contributed by atoms with Gasteiger partial charge in [-0.1, -0.05) is 48.5 Å². The summed E-state index contributed by atoms with van der Waals surface area (Å²) < 4.78 is 0. The van der Waals surface area contributed by atoms with Crippen molar-refractivity contribution in [1.82, 2.24) is 15.5 Å². The summed E-state index contributed by atoms with van der Waals surface area (Å²) in [4.78, 5) is 37.2. The summed E-state index contributed by atoms with van der Waals surface area (Å²) in [7, 11) is 0. The van der Waals surface area contributed by atoms with Crippen LogP contribution in [0.2, 0.25) is 0 Å². The van der Waals surface area contributed by atoms with E-state index in [1.54, 1.807) is 54.6 Å². The number of amides is 2.